The largest absolute Gasteiger partial charge is 0.363 e. The average molecular weight is 309 g/mol. The van der Waals surface area contributed by atoms with Crippen molar-refractivity contribution >= 4 is 28.9 Å². The van der Waals surface area contributed by atoms with Gasteiger partial charge in [0.15, 0.2) is 0 Å². The Morgan fingerprint density at radius 2 is 1.80 bits per heavy atom. The van der Waals surface area contributed by atoms with Gasteiger partial charge in [0.1, 0.15) is 0 Å². The van der Waals surface area contributed by atoms with Gasteiger partial charge in [0.05, 0.1) is 6.04 Å². The fourth-order valence-corrected chi connectivity index (χ4v) is 2.82. The van der Waals surface area contributed by atoms with Crippen LogP contribution in [-0.4, -0.2) is 13.1 Å². The van der Waals surface area contributed by atoms with E-state index in [0.717, 1.165) is 17.8 Å². The van der Waals surface area contributed by atoms with Crippen molar-refractivity contribution in [3.63, 3.8) is 0 Å². The third-order valence-corrected chi connectivity index (χ3v) is 3.92. The molecule has 0 saturated carbocycles. The molecule has 2 nitrogen and oxygen atoms in total. The molecule has 2 rings (SSSR count). The lowest BCUT2D eigenvalue weighted by atomic mass is 10.0. The van der Waals surface area contributed by atoms with Gasteiger partial charge >= 0.3 is 0 Å². The summed E-state index contributed by atoms with van der Waals surface area (Å²) in [6.45, 7) is 3.42. The van der Waals surface area contributed by atoms with E-state index in [1.54, 1.807) is 6.07 Å². The van der Waals surface area contributed by atoms with Crippen LogP contribution in [0, 0.1) is 0 Å². The monoisotopic (exact) mass is 308 g/mol. The van der Waals surface area contributed by atoms with Crippen LogP contribution in [0.5, 0.6) is 0 Å². The fourth-order valence-electron chi connectivity index (χ4n) is 2.39. The first kappa shape index (κ1) is 15.2. The number of anilines is 1. The van der Waals surface area contributed by atoms with E-state index in [-0.39, 0.29) is 6.04 Å². The summed E-state index contributed by atoms with van der Waals surface area (Å²) in [7, 11) is 0. The van der Waals surface area contributed by atoms with E-state index in [1.807, 2.05) is 30.3 Å². The second kappa shape index (κ2) is 6.98. The molecule has 0 saturated heterocycles. The molecule has 106 valence electrons. The Morgan fingerprint density at radius 3 is 2.40 bits per heavy atom. The molecule has 2 N–H and O–H groups in total. The van der Waals surface area contributed by atoms with Crippen LogP contribution in [-0.2, 0) is 0 Å². The van der Waals surface area contributed by atoms with E-state index in [9.17, 15) is 0 Å². The molecule has 0 aliphatic carbocycles. The molecule has 0 aromatic heterocycles. The number of hydrogen-bond acceptors (Lipinski definition) is 2. The Balaban J connectivity index is 2.42. The molecule has 20 heavy (non-hydrogen) atoms. The van der Waals surface area contributed by atoms with Gasteiger partial charge < -0.3 is 10.6 Å². The van der Waals surface area contributed by atoms with Gasteiger partial charge in [0, 0.05) is 28.8 Å². The zero-order valence-corrected chi connectivity index (χ0v) is 12.9. The summed E-state index contributed by atoms with van der Waals surface area (Å²) >= 11 is 12.4. The van der Waals surface area contributed by atoms with E-state index in [2.05, 4.69) is 24.0 Å². The topological polar surface area (TPSA) is 29.3 Å². The first-order valence-corrected chi connectivity index (χ1v) is 7.39. The van der Waals surface area contributed by atoms with E-state index in [1.165, 1.54) is 0 Å². The minimum Gasteiger partial charge on any atom is -0.363 e. The lowest BCUT2D eigenvalue weighted by molar-refractivity contribution is 0.643. The summed E-state index contributed by atoms with van der Waals surface area (Å²) in [6.07, 6.45) is 0. The molecule has 0 aliphatic rings. The van der Waals surface area contributed by atoms with E-state index in [4.69, 9.17) is 28.9 Å². The second-order valence-corrected chi connectivity index (χ2v) is 5.38. The molecule has 0 aliphatic heterocycles. The Hall–Kier alpha value is -1.22. The zero-order valence-electron chi connectivity index (χ0n) is 11.4. The molecule has 4 heteroatoms. The van der Waals surface area contributed by atoms with Crippen molar-refractivity contribution in [3.8, 4) is 0 Å². The van der Waals surface area contributed by atoms with Crippen LogP contribution in [0.2, 0.25) is 10.0 Å². The molecule has 0 radical (unpaired) electrons. The Morgan fingerprint density at radius 1 is 1.10 bits per heavy atom. The Bertz CT molecular complexity index is 558. The fraction of sp³-hybridized carbons (Fsp3) is 0.250. The quantitative estimate of drug-likeness (QED) is 0.880. The van der Waals surface area contributed by atoms with Crippen LogP contribution >= 0.6 is 23.2 Å². The second-order valence-electron chi connectivity index (χ2n) is 4.54. The van der Waals surface area contributed by atoms with E-state index >= 15 is 0 Å². The number of likely N-dealkylation sites (N-methyl/N-ethyl adjacent to an activating group) is 1. The maximum absolute atomic E-state index is 6.32. The number of benzene rings is 2. The van der Waals surface area contributed by atoms with Crippen molar-refractivity contribution in [3.05, 3.63) is 64.1 Å². The number of hydrogen-bond donors (Lipinski definition) is 1. The van der Waals surface area contributed by atoms with Gasteiger partial charge in [-0.1, -0.05) is 41.4 Å². The first-order valence-electron chi connectivity index (χ1n) is 6.64. The van der Waals surface area contributed by atoms with Crippen molar-refractivity contribution in [1.29, 1.82) is 0 Å². The predicted octanol–water partition coefficient (Wildman–Crippen LogP) is 4.52. The molecule has 0 amide bonds. The molecule has 0 heterocycles. The third kappa shape index (κ3) is 3.26. The minimum atomic E-state index is 0.00796. The van der Waals surface area contributed by atoms with Crippen LogP contribution in [0.4, 0.5) is 5.69 Å². The van der Waals surface area contributed by atoms with Gasteiger partial charge in [-0.2, -0.15) is 0 Å². The highest BCUT2D eigenvalue weighted by Crippen LogP contribution is 2.32. The summed E-state index contributed by atoms with van der Waals surface area (Å²) < 4.78 is 0. The molecule has 2 aromatic carbocycles. The Labute approximate surface area is 130 Å². The summed E-state index contributed by atoms with van der Waals surface area (Å²) in [6, 6.07) is 15.7. The standard InChI is InChI=1S/C16H18Cl2N2/c1-2-20(13-6-4-3-5-7-13)16(11-19)14-10-12(17)8-9-15(14)18/h3-10,16H,2,11,19H2,1H3. The summed E-state index contributed by atoms with van der Waals surface area (Å²) in [5, 5.41) is 1.37. The van der Waals surface area contributed by atoms with Crippen molar-refractivity contribution in [2.45, 2.75) is 13.0 Å². The highest BCUT2D eigenvalue weighted by Gasteiger charge is 2.20. The zero-order chi connectivity index (χ0) is 14.5. The van der Waals surface area contributed by atoms with Gasteiger partial charge in [-0.25, -0.2) is 0 Å². The number of nitrogens with zero attached hydrogens (tertiary/aromatic N) is 1. The maximum atomic E-state index is 6.32. The van der Waals surface area contributed by atoms with Crippen molar-refractivity contribution in [1.82, 2.24) is 0 Å². The van der Waals surface area contributed by atoms with Crippen molar-refractivity contribution < 1.29 is 0 Å². The van der Waals surface area contributed by atoms with Crippen LogP contribution in [0.3, 0.4) is 0 Å². The van der Waals surface area contributed by atoms with Gasteiger partial charge in [-0.3, -0.25) is 0 Å². The summed E-state index contributed by atoms with van der Waals surface area (Å²) in [5.74, 6) is 0. The third-order valence-electron chi connectivity index (χ3n) is 3.35. The molecule has 2 aromatic rings. The lowest BCUT2D eigenvalue weighted by Gasteiger charge is -2.33. The molecule has 0 bridgehead atoms. The highest BCUT2D eigenvalue weighted by molar-refractivity contribution is 6.33. The van der Waals surface area contributed by atoms with Crippen molar-refractivity contribution in [2.24, 2.45) is 5.73 Å². The minimum absolute atomic E-state index is 0.00796. The van der Waals surface area contributed by atoms with E-state index < -0.39 is 0 Å². The molecule has 1 unspecified atom stereocenters. The lowest BCUT2D eigenvalue weighted by Crippen LogP contribution is -2.33. The van der Waals surface area contributed by atoms with Gasteiger partial charge in [-0.15, -0.1) is 0 Å². The highest BCUT2D eigenvalue weighted by atomic mass is 35.5. The SMILES string of the molecule is CCN(c1ccccc1)C(CN)c1cc(Cl)ccc1Cl. The predicted molar refractivity (Wildman–Crippen MR) is 87.7 cm³/mol. The number of nitrogens with two attached hydrogens (primary N) is 1. The molecule has 0 fully saturated rings. The number of halogens is 2. The Kier molecular flexibility index (Phi) is 5.30. The molecule has 0 spiro atoms. The smallest absolute Gasteiger partial charge is 0.0679 e. The molecular formula is C16H18Cl2N2. The number of para-hydroxylation sites is 1. The molecular weight excluding hydrogens is 291 g/mol. The van der Waals surface area contributed by atoms with E-state index in [0.29, 0.717) is 16.6 Å². The van der Waals surface area contributed by atoms with Gasteiger partial charge in [0.2, 0.25) is 0 Å². The van der Waals surface area contributed by atoms with Gasteiger partial charge in [-0.05, 0) is 42.8 Å². The van der Waals surface area contributed by atoms with Crippen molar-refractivity contribution in [2.75, 3.05) is 18.0 Å². The van der Waals surface area contributed by atoms with Crippen LogP contribution < -0.4 is 10.6 Å². The summed E-state index contributed by atoms with van der Waals surface area (Å²) in [5.41, 5.74) is 8.09. The van der Waals surface area contributed by atoms with Crippen LogP contribution in [0.15, 0.2) is 48.5 Å². The van der Waals surface area contributed by atoms with Crippen LogP contribution in [0.1, 0.15) is 18.5 Å². The van der Waals surface area contributed by atoms with Crippen LogP contribution in [0.25, 0.3) is 0 Å². The summed E-state index contributed by atoms with van der Waals surface area (Å²) in [4.78, 5) is 2.23. The normalized spacial score (nSPS) is 12.2. The first-order chi connectivity index (χ1) is 9.67. The van der Waals surface area contributed by atoms with Gasteiger partial charge in [0.25, 0.3) is 0 Å². The molecule has 1 atom stereocenters. The maximum Gasteiger partial charge on any atom is 0.0679 e. The average Bonchev–Trinajstić information content (AvgIpc) is 2.48. The number of rotatable bonds is 5.